The number of nitrogens with zero attached hydrogens (tertiary/aromatic N) is 3. The molecule has 30 heavy (non-hydrogen) atoms. The molecule has 1 aliphatic heterocycles. The van der Waals surface area contributed by atoms with E-state index in [-0.39, 0.29) is 5.91 Å². The van der Waals surface area contributed by atoms with Crippen molar-refractivity contribution in [2.45, 2.75) is 30.7 Å². The van der Waals surface area contributed by atoms with Crippen molar-refractivity contribution in [3.8, 4) is 11.3 Å². The second kappa shape index (κ2) is 9.76. The number of nitrogens with one attached hydrogen (secondary N) is 1. The molecule has 1 aliphatic rings. The molecule has 1 saturated heterocycles. The highest BCUT2D eigenvalue weighted by Gasteiger charge is 2.18. The fourth-order valence-corrected chi connectivity index (χ4v) is 4.09. The summed E-state index contributed by atoms with van der Waals surface area (Å²) in [4.78, 5) is 25.3. The number of carbonyl (C=O) groups is 1. The fourth-order valence-electron chi connectivity index (χ4n) is 3.68. The molecule has 0 spiro atoms. The van der Waals surface area contributed by atoms with Gasteiger partial charge in [0.25, 0.3) is 5.91 Å². The summed E-state index contributed by atoms with van der Waals surface area (Å²) in [5.41, 5.74) is 3.58. The molecular formula is C24H26N4OS. The summed E-state index contributed by atoms with van der Waals surface area (Å²) in [5.74, 6) is 0.856. The van der Waals surface area contributed by atoms with Crippen molar-refractivity contribution >= 4 is 23.5 Å². The van der Waals surface area contributed by atoms with Crippen LogP contribution in [0, 0.1) is 0 Å². The Kier molecular flexibility index (Phi) is 6.64. The normalized spacial score (nSPS) is 13.8. The van der Waals surface area contributed by atoms with E-state index in [0.717, 1.165) is 35.7 Å². The fraction of sp³-hybridized carbons (Fsp3) is 0.292. The summed E-state index contributed by atoms with van der Waals surface area (Å²) in [5, 5.41) is 2.99. The number of benzene rings is 2. The van der Waals surface area contributed by atoms with E-state index in [0.29, 0.717) is 12.1 Å². The van der Waals surface area contributed by atoms with E-state index >= 15 is 0 Å². The minimum Gasteiger partial charge on any atom is -0.355 e. The summed E-state index contributed by atoms with van der Waals surface area (Å²) in [6.45, 7) is 2.55. The number of rotatable bonds is 6. The van der Waals surface area contributed by atoms with Crippen molar-refractivity contribution < 1.29 is 4.79 Å². The summed E-state index contributed by atoms with van der Waals surface area (Å²) in [7, 11) is 0. The Hall–Kier alpha value is -2.86. The van der Waals surface area contributed by atoms with Crippen LogP contribution < -0.4 is 10.2 Å². The third kappa shape index (κ3) is 4.82. The van der Waals surface area contributed by atoms with E-state index in [1.807, 2.05) is 36.4 Å². The van der Waals surface area contributed by atoms with E-state index in [4.69, 9.17) is 0 Å². The van der Waals surface area contributed by atoms with Gasteiger partial charge in [-0.2, -0.15) is 0 Å². The average molecular weight is 419 g/mol. The van der Waals surface area contributed by atoms with Crippen molar-refractivity contribution in [3.05, 3.63) is 72.1 Å². The Morgan fingerprint density at radius 3 is 2.37 bits per heavy atom. The van der Waals surface area contributed by atoms with Gasteiger partial charge in [-0.1, -0.05) is 24.3 Å². The lowest BCUT2D eigenvalue weighted by Gasteiger charge is -2.28. The Bertz CT molecular complexity index is 983. The van der Waals surface area contributed by atoms with Gasteiger partial charge < -0.3 is 10.2 Å². The number of hydrogen-bond donors (Lipinski definition) is 1. The molecule has 1 amide bonds. The van der Waals surface area contributed by atoms with Crippen LogP contribution in [-0.4, -0.2) is 35.2 Å². The first-order valence-corrected chi connectivity index (χ1v) is 11.5. The van der Waals surface area contributed by atoms with Gasteiger partial charge in [0.2, 0.25) is 0 Å². The SMILES string of the molecule is CSc1ccc(CNC(=O)c2ccc(-c3nccnc3N3CCCCC3)cc2)cc1. The predicted molar refractivity (Wildman–Crippen MR) is 123 cm³/mol. The monoisotopic (exact) mass is 418 g/mol. The van der Waals surface area contributed by atoms with Gasteiger partial charge in [-0.3, -0.25) is 9.78 Å². The van der Waals surface area contributed by atoms with Crippen LogP contribution in [0.4, 0.5) is 5.82 Å². The maximum atomic E-state index is 12.6. The Balaban J connectivity index is 1.44. The Morgan fingerprint density at radius 1 is 0.967 bits per heavy atom. The lowest BCUT2D eigenvalue weighted by molar-refractivity contribution is 0.0951. The molecule has 6 heteroatoms. The zero-order valence-electron chi connectivity index (χ0n) is 17.2. The van der Waals surface area contributed by atoms with Gasteiger partial charge in [-0.05, 0) is 55.3 Å². The lowest BCUT2D eigenvalue weighted by Crippen LogP contribution is -2.30. The van der Waals surface area contributed by atoms with Crippen LogP contribution in [0.25, 0.3) is 11.3 Å². The van der Waals surface area contributed by atoms with Crippen molar-refractivity contribution in [1.82, 2.24) is 15.3 Å². The lowest BCUT2D eigenvalue weighted by atomic mass is 10.1. The molecule has 2 heterocycles. The van der Waals surface area contributed by atoms with Crippen LogP contribution in [0.5, 0.6) is 0 Å². The van der Waals surface area contributed by atoms with E-state index in [2.05, 4.69) is 38.6 Å². The summed E-state index contributed by atoms with van der Waals surface area (Å²) >= 11 is 1.71. The summed E-state index contributed by atoms with van der Waals surface area (Å²) in [6.07, 6.45) is 9.19. The number of carbonyl (C=O) groups excluding carboxylic acids is 1. The molecule has 0 saturated carbocycles. The van der Waals surface area contributed by atoms with E-state index in [1.54, 1.807) is 24.2 Å². The van der Waals surface area contributed by atoms with Crippen molar-refractivity contribution in [1.29, 1.82) is 0 Å². The summed E-state index contributed by atoms with van der Waals surface area (Å²) < 4.78 is 0. The smallest absolute Gasteiger partial charge is 0.251 e. The van der Waals surface area contributed by atoms with Crippen LogP contribution >= 0.6 is 11.8 Å². The van der Waals surface area contributed by atoms with E-state index in [1.165, 1.54) is 24.2 Å². The molecule has 0 bridgehead atoms. The van der Waals surface area contributed by atoms with Crippen LogP contribution in [0.1, 0.15) is 35.2 Å². The van der Waals surface area contributed by atoms with Gasteiger partial charge in [-0.25, -0.2) is 4.98 Å². The average Bonchev–Trinajstić information content (AvgIpc) is 2.83. The zero-order valence-corrected chi connectivity index (χ0v) is 18.0. The molecule has 3 aromatic rings. The summed E-state index contributed by atoms with van der Waals surface area (Å²) in [6, 6.07) is 15.9. The third-order valence-electron chi connectivity index (χ3n) is 5.37. The molecule has 4 rings (SSSR count). The molecule has 0 unspecified atom stereocenters. The first-order chi connectivity index (χ1) is 14.7. The van der Waals surface area contributed by atoms with Gasteiger partial charge >= 0.3 is 0 Å². The second-order valence-electron chi connectivity index (χ2n) is 7.38. The number of hydrogen-bond acceptors (Lipinski definition) is 5. The number of piperidine rings is 1. The van der Waals surface area contributed by atoms with Crippen molar-refractivity contribution in [2.24, 2.45) is 0 Å². The topological polar surface area (TPSA) is 58.1 Å². The van der Waals surface area contributed by atoms with Crippen molar-refractivity contribution in [2.75, 3.05) is 24.2 Å². The largest absolute Gasteiger partial charge is 0.355 e. The van der Waals surface area contributed by atoms with Gasteiger partial charge in [0, 0.05) is 48.1 Å². The van der Waals surface area contributed by atoms with E-state index < -0.39 is 0 Å². The highest BCUT2D eigenvalue weighted by atomic mass is 32.2. The maximum absolute atomic E-state index is 12.6. The first-order valence-electron chi connectivity index (χ1n) is 10.3. The van der Waals surface area contributed by atoms with Crippen LogP contribution in [0.3, 0.4) is 0 Å². The molecule has 0 aliphatic carbocycles. The van der Waals surface area contributed by atoms with Crippen LogP contribution in [0.15, 0.2) is 65.8 Å². The number of anilines is 1. The second-order valence-corrected chi connectivity index (χ2v) is 8.26. The zero-order chi connectivity index (χ0) is 20.8. The minimum atomic E-state index is -0.0779. The van der Waals surface area contributed by atoms with Crippen LogP contribution in [-0.2, 0) is 6.54 Å². The highest BCUT2D eigenvalue weighted by molar-refractivity contribution is 7.98. The Labute approximate surface area is 181 Å². The van der Waals surface area contributed by atoms with E-state index in [9.17, 15) is 4.79 Å². The predicted octanol–water partition coefficient (Wildman–Crippen LogP) is 4.79. The van der Waals surface area contributed by atoms with Crippen LogP contribution in [0.2, 0.25) is 0 Å². The minimum absolute atomic E-state index is 0.0779. The maximum Gasteiger partial charge on any atom is 0.251 e. The number of amides is 1. The van der Waals surface area contributed by atoms with Gasteiger partial charge in [-0.15, -0.1) is 11.8 Å². The molecule has 0 atom stereocenters. The molecule has 1 N–H and O–H groups in total. The molecule has 0 radical (unpaired) electrons. The highest BCUT2D eigenvalue weighted by Crippen LogP contribution is 2.28. The molecule has 154 valence electrons. The number of aromatic nitrogens is 2. The molecule has 1 aromatic heterocycles. The molecule has 5 nitrogen and oxygen atoms in total. The quantitative estimate of drug-likeness (QED) is 0.584. The van der Waals surface area contributed by atoms with Gasteiger partial charge in [0.05, 0.1) is 0 Å². The molecule has 2 aromatic carbocycles. The first kappa shape index (κ1) is 20.4. The third-order valence-corrected chi connectivity index (χ3v) is 6.11. The van der Waals surface area contributed by atoms with Crippen molar-refractivity contribution in [3.63, 3.8) is 0 Å². The Morgan fingerprint density at radius 2 is 1.67 bits per heavy atom. The standard InChI is InChI=1S/C24H26N4OS/c1-30-21-11-5-18(6-12-21)17-27-24(29)20-9-7-19(8-10-20)22-23(26-14-13-25-22)28-15-3-2-4-16-28/h5-14H,2-4,15-17H2,1H3,(H,27,29). The molecule has 1 fully saturated rings. The number of thioether (sulfide) groups is 1. The van der Waals surface area contributed by atoms with Gasteiger partial charge in [0.1, 0.15) is 5.69 Å². The van der Waals surface area contributed by atoms with Gasteiger partial charge in [0.15, 0.2) is 5.82 Å². The molecular weight excluding hydrogens is 392 g/mol.